The molecule has 1 amide bonds. The molecule has 0 aliphatic carbocycles. The highest BCUT2D eigenvalue weighted by atomic mass is 16.2. The van der Waals surface area contributed by atoms with Crippen LogP contribution in [0.15, 0.2) is 35.1 Å². The van der Waals surface area contributed by atoms with Crippen LogP contribution in [0.2, 0.25) is 0 Å². The van der Waals surface area contributed by atoms with Gasteiger partial charge in [0, 0.05) is 22.8 Å². The van der Waals surface area contributed by atoms with Gasteiger partial charge in [-0.1, -0.05) is 6.07 Å². The van der Waals surface area contributed by atoms with E-state index in [1.165, 1.54) is 4.57 Å². The van der Waals surface area contributed by atoms with E-state index in [0.29, 0.717) is 22.8 Å². The van der Waals surface area contributed by atoms with Crippen molar-refractivity contribution in [3.63, 3.8) is 0 Å². The summed E-state index contributed by atoms with van der Waals surface area (Å²) in [5, 5.41) is 2.69. The van der Waals surface area contributed by atoms with Crippen molar-refractivity contribution in [2.75, 3.05) is 11.1 Å². The smallest absolute Gasteiger partial charge is 0.348 e. The maximum Gasteiger partial charge on any atom is 0.348 e. The SMILES string of the molecule is Cc1cc(C)n(CC(=O)Nc2cccc(N)c2)c(=O)n1. The Hall–Kier alpha value is -2.63. The molecule has 3 N–H and O–H groups in total. The molecule has 6 nitrogen and oxygen atoms in total. The highest BCUT2D eigenvalue weighted by Gasteiger charge is 2.08. The molecule has 0 spiro atoms. The van der Waals surface area contributed by atoms with Crippen LogP contribution in [-0.4, -0.2) is 15.5 Å². The normalized spacial score (nSPS) is 10.3. The molecule has 0 fully saturated rings. The Morgan fingerprint density at radius 1 is 1.35 bits per heavy atom. The van der Waals surface area contributed by atoms with Crippen molar-refractivity contribution in [3.8, 4) is 0 Å². The maximum absolute atomic E-state index is 11.9. The highest BCUT2D eigenvalue weighted by molar-refractivity contribution is 5.91. The van der Waals surface area contributed by atoms with Gasteiger partial charge < -0.3 is 11.1 Å². The number of nitrogens with two attached hydrogens (primary N) is 1. The van der Waals surface area contributed by atoms with Crippen LogP contribution in [0, 0.1) is 13.8 Å². The molecule has 1 heterocycles. The van der Waals surface area contributed by atoms with Crippen LogP contribution in [-0.2, 0) is 11.3 Å². The number of nitrogens with one attached hydrogen (secondary N) is 1. The van der Waals surface area contributed by atoms with Gasteiger partial charge in [-0.3, -0.25) is 9.36 Å². The fourth-order valence-electron chi connectivity index (χ4n) is 1.93. The zero-order chi connectivity index (χ0) is 14.7. The molecule has 0 atom stereocenters. The molecule has 2 aromatic rings. The van der Waals surface area contributed by atoms with Crippen molar-refractivity contribution in [2.45, 2.75) is 20.4 Å². The molecule has 1 aromatic heterocycles. The summed E-state index contributed by atoms with van der Waals surface area (Å²) in [6, 6.07) is 8.62. The number of amides is 1. The Labute approximate surface area is 116 Å². The van der Waals surface area contributed by atoms with Gasteiger partial charge in [0.1, 0.15) is 6.54 Å². The minimum atomic E-state index is -0.426. The first kappa shape index (κ1) is 13.8. The zero-order valence-corrected chi connectivity index (χ0v) is 11.4. The van der Waals surface area contributed by atoms with E-state index in [-0.39, 0.29) is 12.5 Å². The average Bonchev–Trinajstić information content (AvgIpc) is 2.33. The number of nitrogen functional groups attached to an aromatic ring is 1. The molecule has 0 saturated heterocycles. The standard InChI is InChI=1S/C14H16N4O2/c1-9-6-10(2)18(14(20)16-9)8-13(19)17-12-5-3-4-11(15)7-12/h3-7H,8,15H2,1-2H3,(H,17,19). The Kier molecular flexibility index (Phi) is 3.84. The highest BCUT2D eigenvalue weighted by Crippen LogP contribution is 2.11. The third-order valence-electron chi connectivity index (χ3n) is 2.82. The van der Waals surface area contributed by atoms with Gasteiger partial charge in [0.15, 0.2) is 0 Å². The quantitative estimate of drug-likeness (QED) is 0.818. The van der Waals surface area contributed by atoms with E-state index < -0.39 is 5.69 Å². The van der Waals surface area contributed by atoms with Gasteiger partial charge in [0.05, 0.1) is 0 Å². The van der Waals surface area contributed by atoms with Crippen LogP contribution in [0.25, 0.3) is 0 Å². The van der Waals surface area contributed by atoms with Crippen molar-refractivity contribution in [1.29, 1.82) is 0 Å². The summed E-state index contributed by atoms with van der Waals surface area (Å²) in [5.74, 6) is -0.300. The van der Waals surface area contributed by atoms with Gasteiger partial charge in [-0.05, 0) is 38.1 Å². The molecule has 0 unspecified atom stereocenters. The Morgan fingerprint density at radius 3 is 2.75 bits per heavy atom. The van der Waals surface area contributed by atoms with Crippen molar-refractivity contribution >= 4 is 17.3 Å². The third kappa shape index (κ3) is 3.23. The first-order valence-electron chi connectivity index (χ1n) is 6.16. The molecule has 104 valence electrons. The summed E-state index contributed by atoms with van der Waals surface area (Å²) >= 11 is 0. The van der Waals surface area contributed by atoms with E-state index in [9.17, 15) is 9.59 Å². The first-order chi connectivity index (χ1) is 9.45. The van der Waals surface area contributed by atoms with Crippen molar-refractivity contribution < 1.29 is 4.79 Å². The molecule has 0 bridgehead atoms. The Morgan fingerprint density at radius 2 is 2.10 bits per heavy atom. The number of nitrogens with zero attached hydrogens (tertiary/aromatic N) is 2. The molecular formula is C14H16N4O2. The molecule has 0 saturated carbocycles. The Bertz CT molecular complexity index is 707. The molecule has 2 rings (SSSR count). The Balaban J connectivity index is 2.15. The van der Waals surface area contributed by atoms with Crippen LogP contribution < -0.4 is 16.7 Å². The topological polar surface area (TPSA) is 90.0 Å². The summed E-state index contributed by atoms with van der Waals surface area (Å²) in [5.41, 5.74) is 7.71. The molecule has 0 aliphatic rings. The second-order valence-electron chi connectivity index (χ2n) is 4.58. The van der Waals surface area contributed by atoms with Gasteiger partial charge in [0.25, 0.3) is 0 Å². The van der Waals surface area contributed by atoms with E-state index in [0.717, 1.165) is 0 Å². The van der Waals surface area contributed by atoms with Crippen LogP contribution in [0.1, 0.15) is 11.4 Å². The van der Waals surface area contributed by atoms with E-state index in [1.807, 2.05) is 0 Å². The van der Waals surface area contributed by atoms with Gasteiger partial charge in [-0.25, -0.2) is 4.79 Å². The summed E-state index contributed by atoms with van der Waals surface area (Å²) in [4.78, 5) is 27.5. The lowest BCUT2D eigenvalue weighted by atomic mass is 10.3. The van der Waals surface area contributed by atoms with Crippen molar-refractivity contribution in [2.24, 2.45) is 0 Å². The number of hydrogen-bond acceptors (Lipinski definition) is 4. The number of aryl methyl sites for hydroxylation is 2. The van der Waals surface area contributed by atoms with E-state index in [4.69, 9.17) is 5.73 Å². The van der Waals surface area contributed by atoms with Gasteiger partial charge in [0.2, 0.25) is 5.91 Å². The van der Waals surface area contributed by atoms with Crippen molar-refractivity contribution in [3.05, 3.63) is 52.2 Å². The lowest BCUT2D eigenvalue weighted by Crippen LogP contribution is -2.31. The first-order valence-corrected chi connectivity index (χ1v) is 6.16. The van der Waals surface area contributed by atoms with Crippen LogP contribution in [0.5, 0.6) is 0 Å². The van der Waals surface area contributed by atoms with Crippen LogP contribution in [0.4, 0.5) is 11.4 Å². The number of carbonyl (C=O) groups is 1. The summed E-state index contributed by atoms with van der Waals surface area (Å²) < 4.78 is 1.33. The van der Waals surface area contributed by atoms with Gasteiger partial charge >= 0.3 is 5.69 Å². The van der Waals surface area contributed by atoms with E-state index in [1.54, 1.807) is 44.2 Å². The van der Waals surface area contributed by atoms with Gasteiger partial charge in [-0.2, -0.15) is 4.98 Å². The number of anilines is 2. The summed E-state index contributed by atoms with van der Waals surface area (Å²) in [6.07, 6.45) is 0. The lowest BCUT2D eigenvalue weighted by molar-refractivity contribution is -0.116. The van der Waals surface area contributed by atoms with E-state index in [2.05, 4.69) is 10.3 Å². The second-order valence-corrected chi connectivity index (χ2v) is 4.58. The van der Waals surface area contributed by atoms with Crippen LogP contribution >= 0.6 is 0 Å². The summed E-state index contributed by atoms with van der Waals surface area (Å²) in [6.45, 7) is 3.43. The monoisotopic (exact) mass is 272 g/mol. The predicted molar refractivity (Wildman–Crippen MR) is 77.5 cm³/mol. The number of rotatable bonds is 3. The molecule has 6 heteroatoms. The largest absolute Gasteiger partial charge is 0.399 e. The molecule has 0 aliphatic heterocycles. The molecule has 0 radical (unpaired) electrons. The van der Waals surface area contributed by atoms with Crippen LogP contribution in [0.3, 0.4) is 0 Å². The third-order valence-corrected chi connectivity index (χ3v) is 2.82. The molecular weight excluding hydrogens is 256 g/mol. The van der Waals surface area contributed by atoms with E-state index >= 15 is 0 Å². The predicted octanol–water partition coefficient (Wildman–Crippen LogP) is 1.08. The number of benzene rings is 1. The van der Waals surface area contributed by atoms with Gasteiger partial charge in [-0.15, -0.1) is 0 Å². The summed E-state index contributed by atoms with van der Waals surface area (Å²) in [7, 11) is 0. The minimum absolute atomic E-state index is 0.0766. The number of hydrogen-bond donors (Lipinski definition) is 2. The van der Waals surface area contributed by atoms with Crippen molar-refractivity contribution in [1.82, 2.24) is 9.55 Å². The molecule has 20 heavy (non-hydrogen) atoms. The number of carbonyl (C=O) groups excluding carboxylic acids is 1. The zero-order valence-electron chi connectivity index (χ0n) is 11.4. The maximum atomic E-state index is 11.9. The molecule has 1 aromatic carbocycles. The lowest BCUT2D eigenvalue weighted by Gasteiger charge is -2.10. The fraction of sp³-hybridized carbons (Fsp3) is 0.214. The minimum Gasteiger partial charge on any atom is -0.399 e. The number of aromatic nitrogens is 2. The average molecular weight is 272 g/mol. The fourth-order valence-corrected chi connectivity index (χ4v) is 1.93. The second kappa shape index (κ2) is 5.56.